The highest BCUT2D eigenvalue weighted by atomic mass is 32.1. The van der Waals surface area contributed by atoms with Crippen LogP contribution in [0.4, 0.5) is 22.7 Å². The van der Waals surface area contributed by atoms with Gasteiger partial charge in [0.2, 0.25) is 0 Å². The van der Waals surface area contributed by atoms with Gasteiger partial charge >= 0.3 is 0 Å². The first-order chi connectivity index (χ1) is 15.7. The van der Waals surface area contributed by atoms with Gasteiger partial charge < -0.3 is 10.6 Å². The fourth-order valence-electron chi connectivity index (χ4n) is 3.73. The molecule has 0 bridgehead atoms. The van der Waals surface area contributed by atoms with Crippen molar-refractivity contribution in [3.63, 3.8) is 0 Å². The van der Waals surface area contributed by atoms with Crippen LogP contribution < -0.4 is 10.6 Å². The minimum Gasteiger partial charge on any atom is -0.355 e. The molecule has 32 heavy (non-hydrogen) atoms. The van der Waals surface area contributed by atoms with Crippen molar-refractivity contribution in [3.8, 4) is 20.9 Å². The molecule has 0 fully saturated rings. The molecular weight excluding hydrogens is 428 g/mol. The first-order valence-corrected chi connectivity index (χ1v) is 12.2. The summed E-state index contributed by atoms with van der Waals surface area (Å²) in [5, 5.41) is 7.34. The number of hydrogen-bond donors (Lipinski definition) is 2. The van der Waals surface area contributed by atoms with Gasteiger partial charge in [-0.2, -0.15) is 0 Å². The van der Waals surface area contributed by atoms with E-state index >= 15 is 0 Å². The molecule has 0 amide bonds. The van der Waals surface area contributed by atoms with Crippen LogP contribution in [0.3, 0.4) is 0 Å². The zero-order valence-electron chi connectivity index (χ0n) is 18.1. The fraction of sp³-hybridized carbons (Fsp3) is 0.0714. The molecule has 5 rings (SSSR count). The van der Waals surface area contributed by atoms with Gasteiger partial charge in [0.25, 0.3) is 0 Å². The minimum absolute atomic E-state index is 1.08. The molecule has 2 N–H and O–H groups in total. The number of nitrogens with one attached hydrogen (secondary N) is 2. The third-order valence-electron chi connectivity index (χ3n) is 5.27. The lowest BCUT2D eigenvalue weighted by atomic mass is 10.0. The molecule has 0 saturated heterocycles. The van der Waals surface area contributed by atoms with Crippen molar-refractivity contribution < 1.29 is 0 Å². The molecule has 5 aromatic rings. The molecule has 4 heteroatoms. The van der Waals surface area contributed by atoms with E-state index in [1.165, 1.54) is 30.6 Å². The predicted octanol–water partition coefficient (Wildman–Crippen LogP) is 9.25. The second-order valence-electron chi connectivity index (χ2n) is 7.75. The molecule has 0 saturated carbocycles. The Hall–Kier alpha value is -3.34. The summed E-state index contributed by atoms with van der Waals surface area (Å²) in [5.74, 6) is 0. The fourth-order valence-corrected chi connectivity index (χ4v) is 5.52. The quantitative estimate of drug-likeness (QED) is 0.268. The van der Waals surface area contributed by atoms with Crippen molar-refractivity contribution in [1.82, 2.24) is 0 Å². The summed E-state index contributed by atoms with van der Waals surface area (Å²) in [6.07, 6.45) is 0. The number of benzene rings is 3. The Kier molecular flexibility index (Phi) is 5.80. The Labute approximate surface area is 197 Å². The second-order valence-corrected chi connectivity index (χ2v) is 10.3. The topological polar surface area (TPSA) is 24.1 Å². The van der Waals surface area contributed by atoms with Crippen molar-refractivity contribution in [2.75, 3.05) is 10.6 Å². The van der Waals surface area contributed by atoms with Crippen LogP contribution >= 0.6 is 22.7 Å². The number of aryl methyl sites for hydroxylation is 2. The van der Waals surface area contributed by atoms with E-state index in [4.69, 9.17) is 0 Å². The highest BCUT2D eigenvalue weighted by Crippen LogP contribution is 2.44. The SMILES string of the molecule is Cc1ccc(-c2cc(Nc3ccccc3)c(-c3ccc(C)s3)cc2Nc2ccccc2)s1. The largest absolute Gasteiger partial charge is 0.355 e. The lowest BCUT2D eigenvalue weighted by Crippen LogP contribution is -1.98. The van der Waals surface area contributed by atoms with Crippen LogP contribution in [-0.2, 0) is 0 Å². The van der Waals surface area contributed by atoms with E-state index in [2.05, 4.69) is 109 Å². The Bertz CT molecular complexity index is 1230. The summed E-state index contributed by atoms with van der Waals surface area (Å²) in [5.41, 5.74) is 6.78. The number of rotatable bonds is 6. The smallest absolute Gasteiger partial charge is 0.0480 e. The molecule has 0 spiro atoms. The molecule has 2 aromatic heterocycles. The van der Waals surface area contributed by atoms with Crippen LogP contribution in [0, 0.1) is 13.8 Å². The molecule has 0 radical (unpaired) electrons. The van der Waals surface area contributed by atoms with Gasteiger partial charge in [-0.15, -0.1) is 22.7 Å². The predicted molar refractivity (Wildman–Crippen MR) is 142 cm³/mol. The first kappa shape index (κ1) is 20.6. The summed E-state index contributed by atoms with van der Waals surface area (Å²) in [6.45, 7) is 4.31. The van der Waals surface area contributed by atoms with Crippen molar-refractivity contribution in [2.45, 2.75) is 13.8 Å². The normalized spacial score (nSPS) is 10.8. The Balaban J connectivity index is 1.69. The van der Waals surface area contributed by atoms with Gasteiger partial charge in [0, 0.05) is 53.4 Å². The first-order valence-electron chi connectivity index (χ1n) is 10.6. The van der Waals surface area contributed by atoms with E-state index in [0.717, 1.165) is 22.7 Å². The molecule has 158 valence electrons. The summed E-state index contributed by atoms with van der Waals surface area (Å²) >= 11 is 3.64. The monoisotopic (exact) mass is 452 g/mol. The van der Waals surface area contributed by atoms with Crippen LogP contribution in [0.25, 0.3) is 20.9 Å². The Morgan fingerprint density at radius 3 is 1.25 bits per heavy atom. The molecule has 2 heterocycles. The lowest BCUT2D eigenvalue weighted by Gasteiger charge is -2.18. The third kappa shape index (κ3) is 4.47. The molecular formula is C28H24N2S2. The molecule has 0 unspecified atom stereocenters. The average molecular weight is 453 g/mol. The minimum atomic E-state index is 1.08. The summed E-state index contributed by atoms with van der Waals surface area (Å²) in [7, 11) is 0. The molecule has 0 aliphatic heterocycles. The summed E-state index contributed by atoms with van der Waals surface area (Å²) < 4.78 is 0. The average Bonchev–Trinajstić information content (AvgIpc) is 3.44. The standard InChI is InChI=1S/C28H24N2S2/c1-19-13-15-27(31-19)23-17-26(30-22-11-7-4-8-12-22)24(28-16-14-20(2)32-28)18-25(23)29-21-9-5-3-6-10-21/h3-18,29-30H,1-2H3. The second kappa shape index (κ2) is 9.03. The van der Waals surface area contributed by atoms with Crippen LogP contribution in [0.15, 0.2) is 97.1 Å². The van der Waals surface area contributed by atoms with Gasteiger partial charge in [-0.25, -0.2) is 0 Å². The van der Waals surface area contributed by atoms with Gasteiger partial charge in [-0.3, -0.25) is 0 Å². The maximum absolute atomic E-state index is 3.67. The summed E-state index contributed by atoms with van der Waals surface area (Å²) in [4.78, 5) is 5.12. The number of para-hydroxylation sites is 2. The summed E-state index contributed by atoms with van der Waals surface area (Å²) in [6, 6.07) is 34.1. The zero-order valence-corrected chi connectivity index (χ0v) is 19.7. The van der Waals surface area contributed by atoms with Crippen LogP contribution in [-0.4, -0.2) is 0 Å². The van der Waals surface area contributed by atoms with Crippen LogP contribution in [0.5, 0.6) is 0 Å². The Morgan fingerprint density at radius 1 is 0.500 bits per heavy atom. The molecule has 3 aromatic carbocycles. The van der Waals surface area contributed by atoms with E-state index in [-0.39, 0.29) is 0 Å². The van der Waals surface area contributed by atoms with Crippen molar-refractivity contribution in [2.24, 2.45) is 0 Å². The molecule has 0 aliphatic rings. The van der Waals surface area contributed by atoms with Crippen molar-refractivity contribution in [3.05, 3.63) is 107 Å². The van der Waals surface area contributed by atoms with Crippen LogP contribution in [0.2, 0.25) is 0 Å². The number of anilines is 4. The number of thiophene rings is 2. The maximum Gasteiger partial charge on any atom is 0.0480 e. The molecule has 0 atom stereocenters. The van der Waals surface area contributed by atoms with Crippen LogP contribution in [0.1, 0.15) is 9.75 Å². The number of hydrogen-bond acceptors (Lipinski definition) is 4. The Morgan fingerprint density at radius 2 is 0.906 bits per heavy atom. The van der Waals surface area contributed by atoms with Crippen molar-refractivity contribution >= 4 is 45.4 Å². The van der Waals surface area contributed by atoms with Gasteiger partial charge in [0.15, 0.2) is 0 Å². The van der Waals surface area contributed by atoms with Crippen molar-refractivity contribution in [1.29, 1.82) is 0 Å². The van der Waals surface area contributed by atoms with E-state index in [0.29, 0.717) is 0 Å². The van der Waals surface area contributed by atoms with Gasteiger partial charge in [0.05, 0.1) is 0 Å². The van der Waals surface area contributed by atoms with E-state index in [1.54, 1.807) is 0 Å². The third-order valence-corrected chi connectivity index (χ3v) is 7.34. The zero-order chi connectivity index (χ0) is 21.9. The van der Waals surface area contributed by atoms with E-state index < -0.39 is 0 Å². The van der Waals surface area contributed by atoms with Gasteiger partial charge in [-0.1, -0.05) is 36.4 Å². The molecule has 2 nitrogen and oxygen atoms in total. The van der Waals surface area contributed by atoms with E-state index in [9.17, 15) is 0 Å². The highest BCUT2D eigenvalue weighted by molar-refractivity contribution is 7.15. The maximum atomic E-state index is 3.67. The highest BCUT2D eigenvalue weighted by Gasteiger charge is 2.16. The van der Waals surface area contributed by atoms with Gasteiger partial charge in [0.1, 0.15) is 0 Å². The molecule has 0 aliphatic carbocycles. The lowest BCUT2D eigenvalue weighted by molar-refractivity contribution is 1.52. The van der Waals surface area contributed by atoms with Gasteiger partial charge in [-0.05, 0) is 74.5 Å². The van der Waals surface area contributed by atoms with E-state index in [1.807, 2.05) is 34.8 Å².